The van der Waals surface area contributed by atoms with Crippen molar-refractivity contribution in [1.82, 2.24) is 0 Å². The van der Waals surface area contributed by atoms with E-state index in [-0.39, 0.29) is 59.1 Å². The summed E-state index contributed by atoms with van der Waals surface area (Å²) in [4.78, 5) is 6.19. The first-order valence-electron chi connectivity index (χ1n) is 3.10. The second-order valence-electron chi connectivity index (χ2n) is 2.25. The minimum absolute atomic E-state index is 0. The minimum atomic E-state index is -6.17. The molecule has 14 heteroatoms. The number of hydrogen-bond donors (Lipinski definition) is 2. The first-order chi connectivity index (χ1) is 7.97. The molecule has 0 aliphatic heterocycles. The summed E-state index contributed by atoms with van der Waals surface area (Å²) in [6.07, 6.45) is 0. The summed E-state index contributed by atoms with van der Waals surface area (Å²) in [5, 5.41) is 51.5. The van der Waals surface area contributed by atoms with E-state index in [1.54, 1.807) is 0 Å². The van der Waals surface area contributed by atoms with Gasteiger partial charge in [-0.3, -0.25) is 9.11 Å². The van der Waals surface area contributed by atoms with Crippen molar-refractivity contribution >= 4 is 69.5 Å². The first-order valence-corrected chi connectivity index (χ1v) is 7.81. The van der Waals surface area contributed by atoms with Crippen molar-refractivity contribution in [2.75, 3.05) is 0 Å². The third-order valence-corrected chi connectivity index (χ3v) is 4.89. The fourth-order valence-electron chi connectivity index (χ4n) is 0.265. The third kappa shape index (κ3) is 5.37. The fourth-order valence-corrected chi connectivity index (χ4v) is 1.09. The van der Waals surface area contributed by atoms with Crippen molar-refractivity contribution in [3.8, 4) is 29.8 Å². The molecule has 10 nitrogen and oxygen atoms in total. The van der Waals surface area contributed by atoms with Crippen molar-refractivity contribution in [1.29, 1.82) is 31.6 Å². The van der Waals surface area contributed by atoms with E-state index < -0.39 is 21.1 Å². The van der Waals surface area contributed by atoms with Crippen LogP contribution in [0.2, 0.25) is 0 Å². The van der Waals surface area contributed by atoms with Gasteiger partial charge in [-0.05, 0) is 0 Å². The standard InChI is InChI=1S/6CN.Fe.2Na.H2O4S.2H/c6*1-2;;;;1-5(2,3)4;;/h;;;;;;;;;(H2,1,2,3,4);;. The van der Waals surface area contributed by atoms with Crippen LogP contribution in [-0.4, -0.2) is 76.6 Å². The Bertz CT molecular complexity index is 601. The van der Waals surface area contributed by atoms with Crippen LogP contribution in [0.1, 0.15) is 0 Å². The molecule has 0 aliphatic carbocycles. The maximum absolute atomic E-state index is 8.74. The van der Waals surface area contributed by atoms with Crippen LogP contribution < -0.4 is 0 Å². The van der Waals surface area contributed by atoms with Gasteiger partial charge < -0.3 is 0 Å². The quantitative estimate of drug-likeness (QED) is 0.363. The summed E-state index contributed by atoms with van der Waals surface area (Å²) >= 11 is 0. The van der Waals surface area contributed by atoms with Gasteiger partial charge in [-0.25, -0.2) is 0 Å². The van der Waals surface area contributed by atoms with Gasteiger partial charge in [-0.15, -0.1) is 0 Å². The molecule has 0 radical (unpaired) electrons. The van der Waals surface area contributed by atoms with Crippen LogP contribution >= 0.6 is 0 Å². The van der Waals surface area contributed by atoms with Crippen LogP contribution in [0.5, 0.6) is 0 Å². The SMILES string of the molecule is N#[C][Fe]([C]#N)([C]#N)([C]#N)([C]#N)[C]#N.O=S(=O)(O)O.[NaH].[NaH]. The molecule has 0 amide bonds. The zero-order chi connectivity index (χ0) is 15.2. The van der Waals surface area contributed by atoms with Crippen molar-refractivity contribution < 1.29 is 28.3 Å². The number of nitrogens with zero attached hydrogens (tertiary/aromatic N) is 6. The fraction of sp³-hybridized carbons (Fsp3) is 0. The molecule has 0 fully saturated rings. The Labute approximate surface area is 157 Å². The van der Waals surface area contributed by atoms with Crippen molar-refractivity contribution in [3.63, 3.8) is 0 Å². The Morgan fingerprint density at radius 1 is 0.650 bits per heavy atom. The molecular formula is C6H4FeN6Na2O4S. The molecule has 0 aromatic rings. The van der Waals surface area contributed by atoms with Gasteiger partial charge in [-0.2, -0.15) is 8.42 Å². The normalized spacial score (nSPS) is 11.6. The van der Waals surface area contributed by atoms with Crippen LogP contribution in [0.15, 0.2) is 0 Å². The van der Waals surface area contributed by atoms with Crippen molar-refractivity contribution in [3.05, 3.63) is 0 Å². The van der Waals surface area contributed by atoms with E-state index in [2.05, 4.69) is 0 Å². The average molecular weight is 358 g/mol. The molecule has 0 aromatic carbocycles. The molecule has 0 aromatic heterocycles. The van der Waals surface area contributed by atoms with Gasteiger partial charge in [0, 0.05) is 0 Å². The Morgan fingerprint density at radius 2 is 0.750 bits per heavy atom. The summed E-state index contributed by atoms with van der Waals surface area (Å²) in [7, 11) is -10.8. The maximum atomic E-state index is 8.74. The van der Waals surface area contributed by atoms with Gasteiger partial charge >= 0.3 is 142 Å². The number of hydrogen-bond acceptors (Lipinski definition) is 8. The van der Waals surface area contributed by atoms with Crippen LogP contribution in [0.25, 0.3) is 0 Å². The molecule has 0 atom stereocenters. The predicted octanol–water partition coefficient (Wildman–Crippen LogP) is -1.85. The van der Waals surface area contributed by atoms with Crippen LogP contribution in [0.3, 0.4) is 0 Å². The Balaban J connectivity index is -0.000000158. The molecule has 0 spiro atoms. The topological polar surface area (TPSA) is 217 Å². The van der Waals surface area contributed by atoms with E-state index in [4.69, 9.17) is 49.1 Å². The van der Waals surface area contributed by atoms with E-state index in [0.717, 1.165) is 29.8 Å². The summed E-state index contributed by atoms with van der Waals surface area (Å²) < 4.78 is 31.6. The molecule has 0 unspecified atom stereocenters. The zero-order valence-corrected chi connectivity index (χ0v) is 10.1. The van der Waals surface area contributed by atoms with Gasteiger partial charge in [0.2, 0.25) is 0 Å². The molecule has 20 heavy (non-hydrogen) atoms. The van der Waals surface area contributed by atoms with Gasteiger partial charge in [0.15, 0.2) is 0 Å². The zero-order valence-electron chi connectivity index (χ0n) is 8.16. The molecule has 2 N–H and O–H groups in total. The van der Waals surface area contributed by atoms with E-state index in [0.29, 0.717) is 0 Å². The van der Waals surface area contributed by atoms with Crippen LogP contribution in [0.4, 0.5) is 0 Å². The van der Waals surface area contributed by atoms with Crippen molar-refractivity contribution in [2.24, 2.45) is 0 Å². The van der Waals surface area contributed by atoms with Crippen LogP contribution in [0, 0.1) is 61.4 Å². The van der Waals surface area contributed by atoms with E-state index in [1.165, 1.54) is 0 Å². The summed E-state index contributed by atoms with van der Waals surface area (Å²) in [5.74, 6) is 0. The molecule has 0 saturated heterocycles. The Hall–Kier alpha value is -0.671. The first kappa shape index (κ1) is 27.6. The Kier molecular flexibility index (Phi) is 11.0. The third-order valence-electron chi connectivity index (χ3n) is 1.19. The molecule has 0 bridgehead atoms. The Morgan fingerprint density at radius 3 is 0.750 bits per heavy atom. The molecule has 0 aliphatic rings. The second-order valence-corrected chi connectivity index (χ2v) is 8.77. The van der Waals surface area contributed by atoms with E-state index in [1.807, 2.05) is 0 Å². The van der Waals surface area contributed by atoms with Gasteiger partial charge in [0.25, 0.3) is 0 Å². The van der Waals surface area contributed by atoms with Gasteiger partial charge in [0.05, 0.1) is 0 Å². The number of nitriles is 6. The van der Waals surface area contributed by atoms with Gasteiger partial charge in [0.1, 0.15) is 0 Å². The van der Waals surface area contributed by atoms with Gasteiger partial charge in [-0.1, -0.05) is 0 Å². The molecule has 0 rings (SSSR count). The van der Waals surface area contributed by atoms with Crippen LogP contribution in [-0.2, 0) is 21.1 Å². The average Bonchev–Trinajstić information content (AvgIpc) is 2.34. The predicted molar refractivity (Wildman–Crippen MR) is 62.2 cm³/mol. The molecular weight excluding hydrogens is 354 g/mol. The summed E-state index contributed by atoms with van der Waals surface area (Å²) in [6.45, 7) is 0. The van der Waals surface area contributed by atoms with E-state index in [9.17, 15) is 0 Å². The molecule has 98 valence electrons. The van der Waals surface area contributed by atoms with E-state index >= 15 is 0 Å². The monoisotopic (exact) mass is 358 g/mol. The summed E-state index contributed by atoms with van der Waals surface area (Å²) in [6, 6.07) is 0. The van der Waals surface area contributed by atoms with Crippen molar-refractivity contribution in [2.45, 2.75) is 0 Å². The number of rotatable bonds is 0. The summed E-state index contributed by atoms with van der Waals surface area (Å²) in [5.41, 5.74) is 0. The molecule has 0 saturated carbocycles. The molecule has 0 heterocycles. The second kappa shape index (κ2) is 7.94.